The molecule has 0 aromatic heterocycles. The van der Waals surface area contributed by atoms with Gasteiger partial charge in [-0.25, -0.2) is 17.5 Å². The average molecular weight is 397 g/mol. The smallest absolute Gasteiger partial charge is 0.387 e. The molecule has 1 aliphatic heterocycles. The van der Waals surface area contributed by atoms with E-state index in [9.17, 15) is 26.8 Å². The van der Waals surface area contributed by atoms with Crippen molar-refractivity contribution in [3.63, 3.8) is 0 Å². The molecule has 3 rings (SSSR count). The maximum Gasteiger partial charge on any atom is 0.387 e. The van der Waals surface area contributed by atoms with Crippen LogP contribution in [0, 0.1) is 0 Å². The molecule has 1 aliphatic rings. The highest BCUT2D eigenvalue weighted by molar-refractivity contribution is 7.90. The number of hydrogen-bond acceptors (Lipinski definition) is 6. The van der Waals surface area contributed by atoms with Gasteiger partial charge in [0.05, 0.1) is 12.1 Å². The second-order valence-corrected chi connectivity index (χ2v) is 7.22. The summed E-state index contributed by atoms with van der Waals surface area (Å²) >= 11 is 0. The van der Waals surface area contributed by atoms with Gasteiger partial charge in [-0.2, -0.15) is 8.78 Å². The molecule has 0 fully saturated rings. The van der Waals surface area contributed by atoms with E-state index in [1.54, 1.807) is 0 Å². The first-order valence-electron chi connectivity index (χ1n) is 7.69. The van der Waals surface area contributed by atoms with E-state index >= 15 is 0 Å². The van der Waals surface area contributed by atoms with E-state index in [1.165, 1.54) is 48.5 Å². The number of benzene rings is 2. The number of amides is 1. The minimum atomic E-state index is -4.01. The molecule has 0 radical (unpaired) electrons. The third-order valence-corrected chi connectivity index (χ3v) is 5.60. The zero-order valence-corrected chi connectivity index (χ0v) is 14.5. The van der Waals surface area contributed by atoms with Gasteiger partial charge in [0.1, 0.15) is 22.8 Å². The molecule has 0 saturated heterocycles. The van der Waals surface area contributed by atoms with Gasteiger partial charge in [-0.1, -0.05) is 24.3 Å². The molecule has 2 aromatic carbocycles. The van der Waals surface area contributed by atoms with Crippen molar-refractivity contribution in [2.24, 2.45) is 0 Å². The highest BCUT2D eigenvalue weighted by Gasteiger charge is 2.40. The van der Waals surface area contributed by atoms with E-state index in [0.29, 0.717) is 4.31 Å². The molecule has 0 unspecified atom stereocenters. The molecule has 0 saturated carbocycles. The molecule has 142 valence electrons. The quantitative estimate of drug-likeness (QED) is 0.695. The number of hydrogen-bond donors (Lipinski definition) is 0. The summed E-state index contributed by atoms with van der Waals surface area (Å²) in [6.45, 7) is -3.97. The first-order valence-corrected chi connectivity index (χ1v) is 9.13. The summed E-state index contributed by atoms with van der Waals surface area (Å²) in [7, 11) is -4.01. The fourth-order valence-electron chi connectivity index (χ4n) is 2.59. The minimum Gasteiger partial charge on any atom is -0.460 e. The molecule has 0 spiro atoms. The van der Waals surface area contributed by atoms with E-state index in [4.69, 9.17) is 4.74 Å². The summed E-state index contributed by atoms with van der Waals surface area (Å²) in [5.41, 5.74) is -0.198. The van der Waals surface area contributed by atoms with Crippen molar-refractivity contribution >= 4 is 21.9 Å². The number of ether oxygens (including phenoxy) is 2. The summed E-state index contributed by atoms with van der Waals surface area (Å²) in [6, 6.07) is 11.0. The Hall–Kier alpha value is -3.01. The lowest BCUT2D eigenvalue weighted by atomic mass is 10.2. The predicted octanol–water partition coefficient (Wildman–Crippen LogP) is 2.29. The lowest BCUT2D eigenvalue weighted by molar-refractivity contribution is -0.0504. The van der Waals surface area contributed by atoms with E-state index < -0.39 is 41.7 Å². The third-order valence-electron chi connectivity index (χ3n) is 3.76. The van der Waals surface area contributed by atoms with Gasteiger partial charge in [0.15, 0.2) is 0 Å². The van der Waals surface area contributed by atoms with Crippen LogP contribution in [0.15, 0.2) is 53.4 Å². The summed E-state index contributed by atoms with van der Waals surface area (Å²) in [4.78, 5) is 24.2. The zero-order valence-electron chi connectivity index (χ0n) is 13.7. The first-order chi connectivity index (χ1) is 12.8. The molecule has 27 heavy (non-hydrogen) atoms. The topological polar surface area (TPSA) is 90.0 Å². The summed E-state index contributed by atoms with van der Waals surface area (Å²) in [6.07, 6.45) is 0. The number of fused-ring (bicyclic) bond motifs is 1. The zero-order chi connectivity index (χ0) is 19.6. The lowest BCUT2D eigenvalue weighted by Gasteiger charge is -2.15. The van der Waals surface area contributed by atoms with Crippen molar-refractivity contribution in [3.05, 3.63) is 59.7 Å². The number of halogens is 2. The Morgan fingerprint density at radius 1 is 1.07 bits per heavy atom. The normalized spacial score (nSPS) is 14.9. The van der Waals surface area contributed by atoms with Crippen molar-refractivity contribution in [1.29, 1.82) is 0 Å². The van der Waals surface area contributed by atoms with Crippen molar-refractivity contribution < 1.29 is 36.3 Å². The van der Waals surface area contributed by atoms with Crippen LogP contribution >= 0.6 is 0 Å². The molecule has 0 bridgehead atoms. The second kappa shape index (κ2) is 7.31. The van der Waals surface area contributed by atoms with Crippen molar-refractivity contribution in [2.75, 3.05) is 13.2 Å². The van der Waals surface area contributed by atoms with E-state index in [1.807, 2.05) is 0 Å². The van der Waals surface area contributed by atoms with E-state index in [-0.39, 0.29) is 21.8 Å². The fourth-order valence-corrected chi connectivity index (χ4v) is 4.14. The van der Waals surface area contributed by atoms with Crippen LogP contribution < -0.4 is 4.74 Å². The number of nitrogens with zero attached hydrogens (tertiary/aromatic N) is 1. The third kappa shape index (κ3) is 3.61. The van der Waals surface area contributed by atoms with Crippen LogP contribution in [0.4, 0.5) is 8.78 Å². The van der Waals surface area contributed by atoms with Crippen molar-refractivity contribution in [1.82, 2.24) is 4.31 Å². The van der Waals surface area contributed by atoms with Crippen LogP contribution in [0.3, 0.4) is 0 Å². The molecule has 10 heteroatoms. The largest absolute Gasteiger partial charge is 0.460 e. The molecule has 0 aliphatic carbocycles. The van der Waals surface area contributed by atoms with Crippen molar-refractivity contribution in [3.8, 4) is 5.75 Å². The number of carbonyl (C=O) groups is 2. The molecule has 1 amide bonds. The SMILES string of the molecule is O=C(OCCN1C(=O)c2ccccc2S1(=O)=O)c1ccccc1OC(F)F. The Balaban J connectivity index is 1.68. The van der Waals surface area contributed by atoms with Crippen LogP contribution in [-0.2, 0) is 14.8 Å². The average Bonchev–Trinajstić information content (AvgIpc) is 2.82. The molecule has 1 heterocycles. The number of rotatable bonds is 6. The Morgan fingerprint density at radius 2 is 1.74 bits per heavy atom. The standard InChI is InChI=1S/C17H13F2NO6S/c18-17(19)26-13-7-3-1-5-11(13)16(22)25-10-9-20-15(21)12-6-2-4-8-14(12)27(20,23)24/h1-8,17H,9-10H2. The highest BCUT2D eigenvalue weighted by Crippen LogP contribution is 2.29. The summed E-state index contributed by atoms with van der Waals surface area (Å²) in [5, 5.41) is 0. The van der Waals surface area contributed by atoms with Gasteiger partial charge in [-0.15, -0.1) is 0 Å². The van der Waals surface area contributed by atoms with Gasteiger partial charge in [0.25, 0.3) is 15.9 Å². The molecule has 0 atom stereocenters. The van der Waals surface area contributed by atoms with Crippen LogP contribution in [0.2, 0.25) is 0 Å². The van der Waals surface area contributed by atoms with E-state index in [2.05, 4.69) is 4.74 Å². The highest BCUT2D eigenvalue weighted by atomic mass is 32.2. The monoisotopic (exact) mass is 397 g/mol. The molecule has 7 nitrogen and oxygen atoms in total. The van der Waals surface area contributed by atoms with Crippen LogP contribution in [0.1, 0.15) is 20.7 Å². The van der Waals surface area contributed by atoms with Crippen molar-refractivity contribution in [2.45, 2.75) is 11.5 Å². The number of sulfonamides is 1. The van der Waals surface area contributed by atoms with Crippen LogP contribution in [0.5, 0.6) is 5.75 Å². The molecular weight excluding hydrogens is 384 g/mol. The molecule has 2 aromatic rings. The Labute approximate surface area is 153 Å². The first kappa shape index (κ1) is 18.8. The Kier molecular flexibility index (Phi) is 5.08. The second-order valence-electron chi connectivity index (χ2n) is 5.39. The van der Waals surface area contributed by atoms with Gasteiger partial charge in [-0.05, 0) is 24.3 Å². The number of carbonyl (C=O) groups excluding carboxylic acids is 2. The number of esters is 1. The maximum atomic E-state index is 12.4. The lowest BCUT2D eigenvalue weighted by Crippen LogP contribution is -2.33. The van der Waals surface area contributed by atoms with Gasteiger partial charge in [0.2, 0.25) is 0 Å². The Morgan fingerprint density at radius 3 is 2.44 bits per heavy atom. The minimum absolute atomic E-state index is 0.0412. The van der Waals surface area contributed by atoms with Gasteiger partial charge >= 0.3 is 12.6 Å². The predicted molar refractivity (Wildman–Crippen MR) is 88.0 cm³/mol. The maximum absolute atomic E-state index is 12.4. The van der Waals surface area contributed by atoms with Crippen LogP contribution in [-0.4, -0.2) is 44.4 Å². The van der Waals surface area contributed by atoms with Gasteiger partial charge in [-0.3, -0.25) is 4.79 Å². The summed E-state index contributed by atoms with van der Waals surface area (Å²) < 4.78 is 59.3. The number of alkyl halides is 2. The fraction of sp³-hybridized carbons (Fsp3) is 0.176. The van der Waals surface area contributed by atoms with E-state index in [0.717, 1.165) is 0 Å². The Bertz CT molecular complexity index is 992. The van der Waals surface area contributed by atoms with Crippen LogP contribution in [0.25, 0.3) is 0 Å². The summed E-state index contributed by atoms with van der Waals surface area (Å²) in [5.74, 6) is -2.06. The molecule has 0 N–H and O–H groups in total. The van der Waals surface area contributed by atoms with Gasteiger partial charge < -0.3 is 9.47 Å². The number of para-hydroxylation sites is 1. The molecular formula is C17H13F2NO6S. The van der Waals surface area contributed by atoms with Gasteiger partial charge in [0, 0.05) is 0 Å².